The maximum absolute atomic E-state index is 11.3. The van der Waals surface area contributed by atoms with Gasteiger partial charge in [0.25, 0.3) is 0 Å². The Kier molecular flexibility index (Phi) is 5.45. The Labute approximate surface area is 109 Å². The summed E-state index contributed by atoms with van der Waals surface area (Å²) in [6.45, 7) is 2.71. The summed E-state index contributed by atoms with van der Waals surface area (Å²) in [5.41, 5.74) is 0. The number of carboxylic acid groups (broad SMARTS) is 1. The second-order valence-corrected chi connectivity index (χ2v) is 3.66. The minimum Gasteiger partial charge on any atom is -0.481 e. The molecule has 0 aliphatic heterocycles. The Bertz CT molecular complexity index is 470. The van der Waals surface area contributed by atoms with Gasteiger partial charge in [-0.1, -0.05) is 0 Å². The van der Waals surface area contributed by atoms with Crippen LogP contribution >= 0.6 is 0 Å². The van der Waals surface area contributed by atoms with Gasteiger partial charge in [-0.05, 0) is 6.92 Å². The quantitative estimate of drug-likeness (QED) is 0.638. The van der Waals surface area contributed by atoms with Crippen LogP contribution in [0.15, 0.2) is 6.33 Å². The molecule has 19 heavy (non-hydrogen) atoms. The van der Waals surface area contributed by atoms with Crippen molar-refractivity contribution in [1.82, 2.24) is 25.4 Å². The number of amides is 3. The fourth-order valence-corrected chi connectivity index (χ4v) is 1.29. The zero-order valence-corrected chi connectivity index (χ0v) is 10.4. The lowest BCUT2D eigenvalue weighted by Crippen LogP contribution is -2.39. The first-order chi connectivity index (χ1) is 9.02. The van der Waals surface area contributed by atoms with Crippen LogP contribution in [0.25, 0.3) is 0 Å². The number of hydrogen-bond donors (Lipinski definition) is 3. The van der Waals surface area contributed by atoms with Gasteiger partial charge in [0.15, 0.2) is 5.82 Å². The standard InChI is InChI=1S/C10H15N5O4/c1-2-15-6-12-14-7(15)5-11-10(19)13-8(16)3-4-9(17)18/h6H,2-5H2,1H3,(H,17,18)(H2,11,13,16,19). The fraction of sp³-hybridized carbons (Fsp3) is 0.500. The molecule has 0 saturated carbocycles. The van der Waals surface area contributed by atoms with E-state index in [-0.39, 0.29) is 19.4 Å². The van der Waals surface area contributed by atoms with Gasteiger partial charge in [-0.25, -0.2) is 4.79 Å². The van der Waals surface area contributed by atoms with Gasteiger partial charge in [0.1, 0.15) is 6.33 Å². The average molecular weight is 269 g/mol. The van der Waals surface area contributed by atoms with Gasteiger partial charge in [0.05, 0.1) is 13.0 Å². The van der Waals surface area contributed by atoms with Gasteiger partial charge >= 0.3 is 12.0 Å². The highest BCUT2D eigenvalue weighted by Crippen LogP contribution is 1.94. The predicted octanol–water partition coefficient (Wildman–Crippen LogP) is -0.511. The molecule has 0 aromatic carbocycles. The second-order valence-electron chi connectivity index (χ2n) is 3.66. The third-order valence-corrected chi connectivity index (χ3v) is 2.26. The van der Waals surface area contributed by atoms with Gasteiger partial charge in [0.2, 0.25) is 5.91 Å². The maximum atomic E-state index is 11.3. The summed E-state index contributed by atoms with van der Waals surface area (Å²) in [4.78, 5) is 32.8. The Hall–Kier alpha value is -2.45. The Morgan fingerprint density at radius 2 is 2.11 bits per heavy atom. The largest absolute Gasteiger partial charge is 0.481 e. The van der Waals surface area contributed by atoms with Crippen LogP contribution in [0, 0.1) is 0 Å². The van der Waals surface area contributed by atoms with Gasteiger partial charge < -0.3 is 15.0 Å². The van der Waals surface area contributed by atoms with E-state index in [1.807, 2.05) is 12.2 Å². The third kappa shape index (κ3) is 5.15. The van der Waals surface area contributed by atoms with Crippen molar-refractivity contribution in [2.75, 3.05) is 0 Å². The van der Waals surface area contributed by atoms with Crippen LogP contribution in [-0.2, 0) is 22.7 Å². The van der Waals surface area contributed by atoms with Crippen LogP contribution < -0.4 is 10.6 Å². The highest BCUT2D eigenvalue weighted by atomic mass is 16.4. The molecule has 0 aliphatic carbocycles. The Balaban J connectivity index is 2.32. The minimum atomic E-state index is -1.09. The molecule has 0 aliphatic rings. The summed E-state index contributed by atoms with van der Waals surface area (Å²) in [6, 6.07) is -0.693. The van der Waals surface area contributed by atoms with E-state index in [1.165, 1.54) is 6.33 Å². The van der Waals surface area contributed by atoms with E-state index in [1.54, 1.807) is 4.57 Å². The summed E-state index contributed by atoms with van der Waals surface area (Å²) in [7, 11) is 0. The molecule has 0 radical (unpaired) electrons. The van der Waals surface area contributed by atoms with Crippen molar-refractivity contribution in [3.8, 4) is 0 Å². The van der Waals surface area contributed by atoms with E-state index in [2.05, 4.69) is 15.5 Å². The molecule has 1 rings (SSSR count). The molecule has 1 aromatic rings. The summed E-state index contributed by atoms with van der Waals surface area (Å²) >= 11 is 0. The van der Waals surface area contributed by atoms with E-state index in [0.717, 1.165) is 0 Å². The van der Waals surface area contributed by atoms with E-state index in [0.29, 0.717) is 12.4 Å². The van der Waals surface area contributed by atoms with Crippen LogP contribution in [-0.4, -0.2) is 37.8 Å². The second kappa shape index (κ2) is 7.09. The fourth-order valence-electron chi connectivity index (χ4n) is 1.29. The number of nitrogens with one attached hydrogen (secondary N) is 2. The van der Waals surface area contributed by atoms with Crippen LogP contribution in [0.5, 0.6) is 0 Å². The lowest BCUT2D eigenvalue weighted by Gasteiger charge is -2.06. The first kappa shape index (κ1) is 14.6. The molecule has 0 bridgehead atoms. The Morgan fingerprint density at radius 3 is 2.74 bits per heavy atom. The molecule has 1 aromatic heterocycles. The normalized spacial score (nSPS) is 9.95. The SMILES string of the molecule is CCn1cnnc1CNC(=O)NC(=O)CCC(=O)O. The highest BCUT2D eigenvalue weighted by Gasteiger charge is 2.10. The number of nitrogens with zero attached hydrogens (tertiary/aromatic N) is 3. The number of hydrogen-bond acceptors (Lipinski definition) is 5. The lowest BCUT2D eigenvalue weighted by atomic mass is 10.3. The molecule has 0 saturated heterocycles. The van der Waals surface area contributed by atoms with E-state index >= 15 is 0 Å². The number of imide groups is 1. The number of carboxylic acids is 1. The maximum Gasteiger partial charge on any atom is 0.321 e. The number of rotatable bonds is 6. The van der Waals surface area contributed by atoms with Crippen molar-refractivity contribution >= 4 is 17.9 Å². The van der Waals surface area contributed by atoms with E-state index < -0.39 is 17.9 Å². The number of carbonyl (C=O) groups is 3. The predicted molar refractivity (Wildman–Crippen MR) is 62.9 cm³/mol. The third-order valence-electron chi connectivity index (χ3n) is 2.26. The number of carbonyl (C=O) groups excluding carboxylic acids is 2. The van der Waals surface area contributed by atoms with Crippen molar-refractivity contribution in [3.05, 3.63) is 12.2 Å². The topological polar surface area (TPSA) is 126 Å². The number of aliphatic carboxylic acids is 1. The first-order valence-electron chi connectivity index (χ1n) is 5.69. The number of urea groups is 1. The first-order valence-corrected chi connectivity index (χ1v) is 5.69. The highest BCUT2D eigenvalue weighted by molar-refractivity contribution is 5.95. The summed E-state index contributed by atoms with van der Waals surface area (Å²) in [6.07, 6.45) is 0.976. The van der Waals surface area contributed by atoms with Crippen LogP contribution in [0.4, 0.5) is 4.79 Å². The van der Waals surface area contributed by atoms with Crippen molar-refractivity contribution in [2.45, 2.75) is 32.9 Å². The van der Waals surface area contributed by atoms with Crippen molar-refractivity contribution < 1.29 is 19.5 Å². The smallest absolute Gasteiger partial charge is 0.321 e. The monoisotopic (exact) mass is 269 g/mol. The molecule has 0 unspecified atom stereocenters. The van der Waals surface area contributed by atoms with Gasteiger partial charge in [-0.3, -0.25) is 14.9 Å². The molecular formula is C10H15N5O4. The number of aryl methyl sites for hydroxylation is 1. The zero-order chi connectivity index (χ0) is 14.3. The van der Waals surface area contributed by atoms with E-state index in [4.69, 9.17) is 5.11 Å². The minimum absolute atomic E-state index is 0.131. The molecular weight excluding hydrogens is 254 g/mol. The van der Waals surface area contributed by atoms with Crippen molar-refractivity contribution in [3.63, 3.8) is 0 Å². The Morgan fingerprint density at radius 1 is 1.37 bits per heavy atom. The molecule has 3 N–H and O–H groups in total. The molecule has 9 nitrogen and oxygen atoms in total. The average Bonchev–Trinajstić information content (AvgIpc) is 2.81. The molecule has 0 spiro atoms. The molecule has 1 heterocycles. The lowest BCUT2D eigenvalue weighted by molar-refractivity contribution is -0.138. The van der Waals surface area contributed by atoms with E-state index in [9.17, 15) is 14.4 Å². The molecule has 104 valence electrons. The van der Waals surface area contributed by atoms with Crippen molar-refractivity contribution in [2.24, 2.45) is 0 Å². The van der Waals surface area contributed by atoms with Crippen LogP contribution in [0.2, 0.25) is 0 Å². The number of aromatic nitrogens is 3. The summed E-state index contributed by atoms with van der Waals surface area (Å²) in [5, 5.41) is 20.3. The molecule has 0 atom stereocenters. The van der Waals surface area contributed by atoms with Crippen LogP contribution in [0.1, 0.15) is 25.6 Å². The molecule has 3 amide bonds. The van der Waals surface area contributed by atoms with Gasteiger partial charge in [-0.2, -0.15) is 0 Å². The molecule has 0 fully saturated rings. The summed E-state index contributed by atoms with van der Waals surface area (Å²) < 4.78 is 1.74. The summed E-state index contributed by atoms with van der Waals surface area (Å²) in [5.74, 6) is -1.17. The van der Waals surface area contributed by atoms with Gasteiger partial charge in [0, 0.05) is 13.0 Å². The van der Waals surface area contributed by atoms with Crippen LogP contribution in [0.3, 0.4) is 0 Å². The van der Waals surface area contributed by atoms with Crippen molar-refractivity contribution in [1.29, 1.82) is 0 Å². The van der Waals surface area contributed by atoms with Gasteiger partial charge in [-0.15, -0.1) is 10.2 Å². The zero-order valence-electron chi connectivity index (χ0n) is 10.4. The molecule has 9 heteroatoms.